The minimum Gasteiger partial charge on any atom is -0.479 e. The van der Waals surface area contributed by atoms with E-state index >= 15 is 0 Å². The number of nitrogens with zero attached hydrogens (tertiary/aromatic N) is 1. The molecule has 0 fully saturated rings. The number of carboxylic acid groups (broad SMARTS) is 3. The van der Waals surface area contributed by atoms with E-state index in [-0.39, 0.29) is 16.1 Å². The van der Waals surface area contributed by atoms with Gasteiger partial charge in [-0.2, -0.15) is 5.10 Å². The highest BCUT2D eigenvalue weighted by Gasteiger charge is 2.46. The van der Waals surface area contributed by atoms with Gasteiger partial charge >= 0.3 is 17.9 Å². The summed E-state index contributed by atoms with van der Waals surface area (Å²) in [5.74, 6) is -4.53. The average Bonchev–Trinajstić information content (AvgIpc) is 2.36. The molecule has 8 heteroatoms. The monoisotopic (exact) mass is 264 g/mol. The van der Waals surface area contributed by atoms with Crippen molar-refractivity contribution in [1.29, 1.82) is 0 Å². The topological polar surface area (TPSA) is 136 Å². The number of aromatic carboxylic acids is 1. The van der Waals surface area contributed by atoms with E-state index in [4.69, 9.17) is 15.3 Å². The van der Waals surface area contributed by atoms with Crippen molar-refractivity contribution < 1.29 is 29.7 Å². The predicted octanol–water partition coefficient (Wildman–Crippen LogP) is -1.79. The Morgan fingerprint density at radius 3 is 2.26 bits per heavy atom. The molecule has 0 bridgehead atoms. The number of hydrogen-bond acceptors (Lipinski definition) is 5. The summed E-state index contributed by atoms with van der Waals surface area (Å²) < 4.78 is 0. The van der Waals surface area contributed by atoms with Crippen LogP contribution in [0.4, 0.5) is 0 Å². The standard InChI is InChI=1S/C11H8N2O6/c14-8(15)6-3-1-2-5-4-11(9(16)17,10(18)19)13-12-7(5)6/h1-4,13H,(H,14,15)(H,16,17)(H,18,19). The van der Waals surface area contributed by atoms with Gasteiger partial charge in [0.1, 0.15) is 5.36 Å². The Morgan fingerprint density at radius 1 is 1.11 bits per heavy atom. The first kappa shape index (κ1) is 12.6. The maximum Gasteiger partial charge on any atom is 0.346 e. The third-order valence-corrected chi connectivity index (χ3v) is 2.69. The van der Waals surface area contributed by atoms with Crippen molar-refractivity contribution in [3.05, 3.63) is 34.3 Å². The molecule has 0 amide bonds. The first-order valence-corrected chi connectivity index (χ1v) is 5.05. The van der Waals surface area contributed by atoms with Gasteiger partial charge in [0.15, 0.2) is 0 Å². The lowest BCUT2D eigenvalue weighted by Gasteiger charge is -2.23. The summed E-state index contributed by atoms with van der Waals surface area (Å²) in [5, 5.41) is 30.7. The van der Waals surface area contributed by atoms with Gasteiger partial charge in [0.05, 0.1) is 5.56 Å². The molecule has 98 valence electrons. The number of hydrogen-bond donors (Lipinski definition) is 4. The Labute approximate surface area is 105 Å². The Kier molecular flexibility index (Phi) is 2.70. The van der Waals surface area contributed by atoms with Crippen molar-refractivity contribution in [3.63, 3.8) is 0 Å². The Hall–Kier alpha value is -2.90. The Morgan fingerprint density at radius 2 is 1.74 bits per heavy atom. The molecule has 1 aliphatic rings. The fourth-order valence-electron chi connectivity index (χ4n) is 1.70. The van der Waals surface area contributed by atoms with Gasteiger partial charge in [-0.15, -0.1) is 0 Å². The van der Waals surface area contributed by atoms with Gasteiger partial charge in [0.2, 0.25) is 0 Å². The molecule has 0 aliphatic carbocycles. The van der Waals surface area contributed by atoms with Crippen LogP contribution in [0.2, 0.25) is 0 Å². The molecule has 1 aromatic carbocycles. The van der Waals surface area contributed by atoms with E-state index in [1.807, 2.05) is 5.43 Å². The van der Waals surface area contributed by atoms with E-state index in [2.05, 4.69) is 5.10 Å². The molecule has 0 unspecified atom stereocenters. The molecule has 4 N–H and O–H groups in total. The van der Waals surface area contributed by atoms with Crippen molar-refractivity contribution >= 4 is 24.0 Å². The maximum atomic E-state index is 11.1. The number of nitrogens with one attached hydrogen (secondary N) is 1. The molecule has 0 aromatic heterocycles. The van der Waals surface area contributed by atoms with E-state index < -0.39 is 23.4 Å². The molecule has 1 aromatic rings. The van der Waals surface area contributed by atoms with Crippen LogP contribution in [0.15, 0.2) is 23.3 Å². The Bertz CT molecular complexity index is 694. The van der Waals surface area contributed by atoms with Crippen LogP contribution in [0.25, 0.3) is 6.08 Å². The van der Waals surface area contributed by atoms with Gasteiger partial charge in [-0.05, 0) is 12.1 Å². The number of fused-ring (bicyclic) bond motifs is 1. The normalized spacial score (nSPS) is 15.2. The van der Waals surface area contributed by atoms with Crippen molar-refractivity contribution in [2.45, 2.75) is 5.54 Å². The van der Waals surface area contributed by atoms with Crippen LogP contribution in [-0.2, 0) is 9.59 Å². The van der Waals surface area contributed by atoms with E-state index in [9.17, 15) is 14.4 Å². The lowest BCUT2D eigenvalue weighted by molar-refractivity contribution is -0.155. The highest BCUT2D eigenvalue weighted by Crippen LogP contribution is 2.10. The van der Waals surface area contributed by atoms with E-state index in [0.717, 1.165) is 6.08 Å². The molecule has 1 heterocycles. The summed E-state index contributed by atoms with van der Waals surface area (Å²) in [6.07, 6.45) is 0.923. The summed E-state index contributed by atoms with van der Waals surface area (Å²) in [6.45, 7) is 0. The summed E-state index contributed by atoms with van der Waals surface area (Å²) in [4.78, 5) is 33.2. The zero-order chi connectivity index (χ0) is 14.2. The molecule has 0 radical (unpaired) electrons. The quantitative estimate of drug-likeness (QED) is 0.473. The first-order chi connectivity index (χ1) is 8.88. The van der Waals surface area contributed by atoms with Gasteiger partial charge < -0.3 is 15.3 Å². The van der Waals surface area contributed by atoms with E-state index in [1.165, 1.54) is 18.2 Å². The molecule has 8 nitrogen and oxygen atoms in total. The number of aliphatic carboxylic acids is 2. The molecule has 2 rings (SSSR count). The summed E-state index contributed by atoms with van der Waals surface area (Å²) in [6, 6.07) is 4.07. The summed E-state index contributed by atoms with van der Waals surface area (Å²) >= 11 is 0. The fraction of sp³-hybridized carbons (Fsp3) is 0.0909. The molecule has 0 saturated carbocycles. The van der Waals surface area contributed by atoms with Gasteiger partial charge in [0.25, 0.3) is 5.54 Å². The van der Waals surface area contributed by atoms with Crippen LogP contribution in [0.5, 0.6) is 0 Å². The van der Waals surface area contributed by atoms with Crippen LogP contribution >= 0.6 is 0 Å². The third kappa shape index (κ3) is 1.79. The SMILES string of the molecule is O=C(O)c1cccc2c1=NNC(C(=O)O)(C(=O)O)C=2. The second kappa shape index (κ2) is 4.09. The number of carboxylic acids is 3. The average molecular weight is 264 g/mol. The van der Waals surface area contributed by atoms with Crippen LogP contribution in [0.1, 0.15) is 10.4 Å². The van der Waals surface area contributed by atoms with Crippen molar-refractivity contribution in [2.24, 2.45) is 5.10 Å². The highest BCUT2D eigenvalue weighted by molar-refractivity contribution is 6.10. The lowest BCUT2D eigenvalue weighted by Crippen LogP contribution is -2.59. The molecular formula is C11H8N2O6. The smallest absolute Gasteiger partial charge is 0.346 e. The van der Waals surface area contributed by atoms with Crippen LogP contribution < -0.4 is 16.0 Å². The second-order valence-electron chi connectivity index (χ2n) is 3.83. The van der Waals surface area contributed by atoms with Crippen molar-refractivity contribution in [1.82, 2.24) is 5.43 Å². The highest BCUT2D eigenvalue weighted by atomic mass is 16.4. The van der Waals surface area contributed by atoms with Crippen LogP contribution in [0, 0.1) is 0 Å². The minimum absolute atomic E-state index is 0.00637. The first-order valence-electron chi connectivity index (χ1n) is 5.05. The van der Waals surface area contributed by atoms with Gasteiger partial charge in [-0.1, -0.05) is 12.1 Å². The number of rotatable bonds is 3. The number of para-hydroxylation sites is 1. The third-order valence-electron chi connectivity index (χ3n) is 2.69. The van der Waals surface area contributed by atoms with E-state index in [0.29, 0.717) is 0 Å². The second-order valence-corrected chi connectivity index (χ2v) is 3.83. The summed E-state index contributed by atoms with van der Waals surface area (Å²) in [5.41, 5.74) is -0.556. The maximum absolute atomic E-state index is 11.1. The molecule has 1 aliphatic heterocycles. The molecule has 0 atom stereocenters. The molecule has 19 heavy (non-hydrogen) atoms. The van der Waals surface area contributed by atoms with Gasteiger partial charge in [0, 0.05) is 5.22 Å². The lowest BCUT2D eigenvalue weighted by atomic mass is 9.97. The predicted molar refractivity (Wildman–Crippen MR) is 59.8 cm³/mol. The largest absolute Gasteiger partial charge is 0.479 e. The minimum atomic E-state index is -2.40. The van der Waals surface area contributed by atoms with Crippen molar-refractivity contribution in [3.8, 4) is 0 Å². The van der Waals surface area contributed by atoms with Crippen molar-refractivity contribution in [2.75, 3.05) is 0 Å². The zero-order valence-electron chi connectivity index (χ0n) is 9.32. The zero-order valence-corrected chi connectivity index (χ0v) is 9.32. The molecule has 0 spiro atoms. The molecule has 0 saturated heterocycles. The van der Waals surface area contributed by atoms with E-state index in [1.54, 1.807) is 0 Å². The molecular weight excluding hydrogens is 256 g/mol. The van der Waals surface area contributed by atoms with Crippen LogP contribution in [0.3, 0.4) is 0 Å². The Balaban J connectivity index is 2.77. The van der Waals surface area contributed by atoms with Gasteiger partial charge in [-0.25, -0.2) is 14.4 Å². The summed E-state index contributed by atoms with van der Waals surface area (Å²) in [7, 11) is 0. The number of benzene rings is 1. The van der Waals surface area contributed by atoms with Crippen LogP contribution in [-0.4, -0.2) is 38.8 Å². The number of carbonyl (C=O) groups is 3. The fourth-order valence-corrected chi connectivity index (χ4v) is 1.70. The van der Waals surface area contributed by atoms with Gasteiger partial charge in [-0.3, -0.25) is 5.43 Å².